The van der Waals surface area contributed by atoms with Crippen molar-refractivity contribution in [1.29, 1.82) is 0 Å². The van der Waals surface area contributed by atoms with Crippen LogP contribution in [0.4, 0.5) is 0 Å². The Morgan fingerprint density at radius 2 is 0.943 bits per heavy atom. The molecular weight excluding hydrogens is 843 g/mol. The van der Waals surface area contributed by atoms with Crippen molar-refractivity contribution in [2.45, 2.75) is 39.5 Å². The fraction of sp³-hybridized carbons (Fsp3) is 0.136. The summed E-state index contributed by atoms with van der Waals surface area (Å²) >= 11 is 0. The van der Waals surface area contributed by atoms with Gasteiger partial charge < -0.3 is 24.0 Å². The monoisotopic (exact) mass is 875 g/mol. The molecule has 266 valence electrons. The molecular formula is C44H33N5O2Pd2. The normalized spacial score (nSPS) is 11.1. The van der Waals surface area contributed by atoms with Gasteiger partial charge in [-0.2, -0.15) is 22.9 Å². The number of ether oxygens (including phenoxy) is 2. The number of aromatic nitrogens is 5. The molecule has 0 N–H and O–H groups in total. The van der Waals surface area contributed by atoms with Gasteiger partial charge in [0.2, 0.25) is 5.95 Å². The average molecular weight is 877 g/mol. The van der Waals surface area contributed by atoms with Crippen LogP contribution in [0.15, 0.2) is 116 Å². The molecule has 0 spiro atoms. The number of nitrogens with zero attached hydrogens (tertiary/aromatic N) is 5. The minimum Gasteiger partial charge on any atom is -0.503 e. The molecule has 0 amide bonds. The van der Waals surface area contributed by atoms with Gasteiger partial charge in [-0.1, -0.05) is 87.3 Å². The van der Waals surface area contributed by atoms with Crippen LogP contribution in [0.3, 0.4) is 0 Å². The van der Waals surface area contributed by atoms with Gasteiger partial charge in [0.15, 0.2) is 0 Å². The van der Waals surface area contributed by atoms with Crippen molar-refractivity contribution in [3.63, 3.8) is 0 Å². The summed E-state index contributed by atoms with van der Waals surface area (Å²) in [5, 5.41) is 1.90. The second kappa shape index (κ2) is 16.3. The Morgan fingerprint density at radius 3 is 1.36 bits per heavy atom. The number of pyridine rings is 2. The Labute approximate surface area is 336 Å². The summed E-state index contributed by atoms with van der Waals surface area (Å²) < 4.78 is 14.9. The molecule has 0 aliphatic carbocycles. The zero-order valence-corrected chi connectivity index (χ0v) is 32.4. The van der Waals surface area contributed by atoms with E-state index in [-0.39, 0.29) is 52.7 Å². The number of fused-ring (bicyclic) bond motifs is 3. The van der Waals surface area contributed by atoms with Gasteiger partial charge in [-0.3, -0.25) is 0 Å². The maximum absolute atomic E-state index is 6.47. The largest absolute Gasteiger partial charge is 2.00 e. The van der Waals surface area contributed by atoms with Crippen LogP contribution < -0.4 is 9.47 Å². The first-order valence-corrected chi connectivity index (χ1v) is 16.9. The van der Waals surface area contributed by atoms with Crippen LogP contribution in [0.2, 0.25) is 0 Å². The first-order chi connectivity index (χ1) is 24.9. The Hall–Kier alpha value is -5.02. The van der Waals surface area contributed by atoms with Gasteiger partial charge in [-0.05, 0) is 41.4 Å². The van der Waals surface area contributed by atoms with E-state index in [1.807, 2.05) is 77.4 Å². The summed E-state index contributed by atoms with van der Waals surface area (Å²) in [4.78, 5) is 18.3. The van der Waals surface area contributed by atoms with Crippen LogP contribution >= 0.6 is 0 Å². The van der Waals surface area contributed by atoms with E-state index in [9.17, 15) is 0 Å². The van der Waals surface area contributed by atoms with E-state index in [0.717, 1.165) is 55.4 Å². The van der Waals surface area contributed by atoms with E-state index in [1.54, 1.807) is 30.9 Å². The van der Waals surface area contributed by atoms with Crippen molar-refractivity contribution in [2.75, 3.05) is 0 Å². The van der Waals surface area contributed by atoms with Crippen LogP contribution in [-0.4, -0.2) is 24.5 Å². The fourth-order valence-electron chi connectivity index (χ4n) is 6.02. The van der Waals surface area contributed by atoms with Crippen molar-refractivity contribution < 1.29 is 50.3 Å². The predicted octanol–water partition coefficient (Wildman–Crippen LogP) is 10.7. The molecule has 53 heavy (non-hydrogen) atoms. The van der Waals surface area contributed by atoms with Gasteiger partial charge in [0.25, 0.3) is 0 Å². The first-order valence-electron chi connectivity index (χ1n) is 16.9. The van der Waals surface area contributed by atoms with Crippen molar-refractivity contribution in [3.05, 3.63) is 151 Å². The summed E-state index contributed by atoms with van der Waals surface area (Å²) in [6.07, 6.45) is 7.01. The molecule has 4 heterocycles. The van der Waals surface area contributed by atoms with Crippen molar-refractivity contribution in [1.82, 2.24) is 24.5 Å². The van der Waals surface area contributed by atoms with Gasteiger partial charge in [0, 0.05) is 47.8 Å². The second-order valence-electron chi connectivity index (χ2n) is 12.9. The van der Waals surface area contributed by atoms with E-state index in [4.69, 9.17) is 9.47 Å². The second-order valence-corrected chi connectivity index (χ2v) is 12.9. The average Bonchev–Trinajstić information content (AvgIpc) is 3.48. The topological polar surface area (TPSA) is 75.0 Å². The molecule has 8 rings (SSSR count). The summed E-state index contributed by atoms with van der Waals surface area (Å²) in [5.74, 6) is 3.29. The molecule has 0 aliphatic rings. The maximum atomic E-state index is 6.47. The molecule has 0 saturated heterocycles. The third-order valence-corrected chi connectivity index (χ3v) is 8.67. The number of benzene rings is 4. The Bertz CT molecular complexity index is 2330. The Balaban J connectivity index is 0.00000240. The van der Waals surface area contributed by atoms with Crippen molar-refractivity contribution >= 4 is 21.8 Å². The van der Waals surface area contributed by atoms with Crippen molar-refractivity contribution in [2.24, 2.45) is 0 Å². The SMILES string of the molecule is CC(C)c1cc(Oc2[c-]c3c(cc2)c2ccc(Oc4[c-]c(-c5ccccn5)cc(C(C)C)c4)[c-]c2n3-c2ncccn2)[c-]c(-c2ccccn2)c1.[Pd+2].[Pd+2]. The molecule has 9 heteroatoms. The Kier molecular flexibility index (Phi) is 11.6. The smallest absolute Gasteiger partial charge is 0.503 e. The van der Waals surface area contributed by atoms with Crippen LogP contribution in [0, 0.1) is 24.3 Å². The predicted molar refractivity (Wildman–Crippen MR) is 199 cm³/mol. The van der Waals surface area contributed by atoms with E-state index in [1.165, 1.54) is 0 Å². The van der Waals surface area contributed by atoms with Gasteiger partial charge in [-0.25, -0.2) is 9.97 Å². The molecule has 0 radical (unpaired) electrons. The zero-order valence-electron chi connectivity index (χ0n) is 29.3. The standard InChI is InChI=1S/C44H33N5O2.2Pd/c1-28(2)30-20-32(40-10-5-7-16-45-40)24-36(22-30)50-34-12-14-38-39-15-13-35(27-43(39)49(42(38)26-34)44-47-18-9-19-48-44)51-37-23-31(29(3)4)21-33(25-37)41-11-6-8-17-46-41;;/h5-23,28-29H,1-4H3;;/q-4;2*+2. The quantitative estimate of drug-likeness (QED) is 0.106. The molecule has 7 nitrogen and oxygen atoms in total. The Morgan fingerprint density at radius 1 is 0.491 bits per heavy atom. The van der Waals surface area contributed by atoms with Crippen LogP contribution in [0.5, 0.6) is 23.0 Å². The van der Waals surface area contributed by atoms with E-state index in [0.29, 0.717) is 28.9 Å². The van der Waals surface area contributed by atoms with Gasteiger partial charge in [-0.15, -0.1) is 58.7 Å². The summed E-state index contributed by atoms with van der Waals surface area (Å²) in [6, 6.07) is 43.5. The van der Waals surface area contributed by atoms with Gasteiger partial charge >= 0.3 is 40.8 Å². The van der Waals surface area contributed by atoms with Crippen LogP contribution in [0.1, 0.15) is 50.7 Å². The van der Waals surface area contributed by atoms with Crippen molar-refractivity contribution in [3.8, 4) is 51.5 Å². The first kappa shape index (κ1) is 37.7. The molecule has 0 aliphatic heterocycles. The van der Waals surface area contributed by atoms with Gasteiger partial charge in [0.1, 0.15) is 0 Å². The minimum atomic E-state index is 0. The molecule has 4 aromatic carbocycles. The summed E-state index contributed by atoms with van der Waals surface area (Å²) in [5.41, 5.74) is 7.16. The van der Waals surface area contributed by atoms with Crippen LogP contribution in [-0.2, 0) is 40.8 Å². The van der Waals surface area contributed by atoms with E-state index < -0.39 is 0 Å². The number of hydrogen-bond acceptors (Lipinski definition) is 6. The maximum Gasteiger partial charge on any atom is 2.00 e. The fourth-order valence-corrected chi connectivity index (χ4v) is 6.02. The van der Waals surface area contributed by atoms with Crippen LogP contribution in [0.25, 0.3) is 50.3 Å². The number of rotatable bonds is 9. The molecule has 8 aromatic rings. The molecule has 0 atom stereocenters. The third kappa shape index (κ3) is 8.00. The number of hydrogen-bond donors (Lipinski definition) is 0. The summed E-state index contributed by atoms with van der Waals surface area (Å²) in [7, 11) is 0. The van der Waals surface area contributed by atoms with E-state index in [2.05, 4.69) is 84.0 Å². The molecule has 4 aromatic heterocycles. The summed E-state index contributed by atoms with van der Waals surface area (Å²) in [6.45, 7) is 8.63. The van der Waals surface area contributed by atoms with Gasteiger partial charge in [0.05, 0.1) is 0 Å². The van der Waals surface area contributed by atoms with E-state index >= 15 is 0 Å². The minimum absolute atomic E-state index is 0. The third-order valence-electron chi connectivity index (χ3n) is 8.67. The zero-order chi connectivity index (χ0) is 34.9. The molecule has 0 unspecified atom stereocenters. The molecule has 0 fully saturated rings. The molecule has 0 saturated carbocycles. The molecule has 0 bridgehead atoms.